The van der Waals surface area contributed by atoms with Gasteiger partial charge in [0.2, 0.25) is 0 Å². The van der Waals surface area contributed by atoms with Crippen LogP contribution in [0.2, 0.25) is 0 Å². The van der Waals surface area contributed by atoms with E-state index < -0.39 is 65.1 Å². The zero-order chi connectivity index (χ0) is 22.6. The Balaban J connectivity index is 0.00000480. The summed E-state index contributed by atoms with van der Waals surface area (Å²) >= 11 is 0.936. The van der Waals surface area contributed by atoms with E-state index in [1.807, 2.05) is 0 Å². The van der Waals surface area contributed by atoms with Crippen LogP contribution >= 0.6 is 11.3 Å². The third-order valence-corrected chi connectivity index (χ3v) is 5.04. The van der Waals surface area contributed by atoms with Crippen LogP contribution in [0.15, 0.2) is 10.5 Å². The predicted octanol–water partition coefficient (Wildman–Crippen LogP) is -6.81. The molecule has 2 heterocycles. The summed E-state index contributed by atoms with van der Waals surface area (Å²) in [6.07, 6.45) is -1.30. The Morgan fingerprint density at radius 1 is 1.35 bits per heavy atom. The molecule has 0 bridgehead atoms. The Morgan fingerprint density at radius 2 is 2.00 bits per heavy atom. The van der Waals surface area contributed by atoms with Gasteiger partial charge in [0.1, 0.15) is 24.4 Å². The zero-order valence-corrected chi connectivity index (χ0v) is 19.3. The number of amides is 4. The first-order valence-electron chi connectivity index (χ1n) is 7.63. The van der Waals surface area contributed by atoms with E-state index in [1.165, 1.54) is 5.38 Å². The summed E-state index contributed by atoms with van der Waals surface area (Å²) in [7, 11) is -5.26. The number of β-lactam (4-membered cyclic amide) rings is 1. The molecule has 16 nitrogen and oxygen atoms in total. The molecule has 0 aliphatic carbocycles. The standard InChI is InChI=1S/C12H15N7O9S2.Na/c13-6(20)2-28-18-7(4-3-29-11(14)16-4)9(21)17-8-5(1-27-12(15)23)19(10(8)22)30(24,25)26;/h3,5,8H,1-2H2,(H2,13,20)(H2,14,16)(H2,15,23)(H,17,21)(H,24,25,26);/q;+1/p-1/b18-7-;/t5-,8+;/m1./s1. The Kier molecular flexibility index (Phi) is 9.14. The summed E-state index contributed by atoms with van der Waals surface area (Å²) in [4.78, 5) is 54.6. The van der Waals surface area contributed by atoms with Crippen molar-refractivity contribution in [3.63, 3.8) is 0 Å². The fourth-order valence-electron chi connectivity index (χ4n) is 2.25. The minimum absolute atomic E-state index is 0. The molecule has 4 amide bonds. The van der Waals surface area contributed by atoms with Crippen LogP contribution in [0.1, 0.15) is 5.69 Å². The Bertz CT molecular complexity index is 1010. The summed E-state index contributed by atoms with van der Waals surface area (Å²) in [5, 5.41) is 6.92. The van der Waals surface area contributed by atoms with Crippen LogP contribution in [-0.2, 0) is 34.3 Å². The molecule has 1 aliphatic heterocycles. The van der Waals surface area contributed by atoms with Crippen molar-refractivity contribution in [3.05, 3.63) is 11.1 Å². The molecule has 1 aromatic rings. The number of oxime groups is 1. The number of anilines is 1. The monoisotopic (exact) mass is 487 g/mol. The van der Waals surface area contributed by atoms with E-state index >= 15 is 0 Å². The molecule has 2 atom stereocenters. The summed E-state index contributed by atoms with van der Waals surface area (Å²) in [6, 6.07) is -3.14. The second-order valence-corrected chi connectivity index (χ2v) is 7.63. The summed E-state index contributed by atoms with van der Waals surface area (Å²) in [5.74, 6) is -3.29. The van der Waals surface area contributed by atoms with E-state index in [9.17, 15) is 32.1 Å². The maximum atomic E-state index is 12.6. The number of rotatable bonds is 9. The molecular weight excluding hydrogens is 473 g/mol. The van der Waals surface area contributed by atoms with Crippen LogP contribution in [0, 0.1) is 0 Å². The van der Waals surface area contributed by atoms with Crippen molar-refractivity contribution in [2.24, 2.45) is 16.6 Å². The van der Waals surface area contributed by atoms with E-state index in [1.54, 1.807) is 0 Å². The number of hydrogen-bond acceptors (Lipinski definition) is 13. The predicted molar refractivity (Wildman–Crippen MR) is 96.0 cm³/mol. The van der Waals surface area contributed by atoms with E-state index in [0.29, 0.717) is 0 Å². The van der Waals surface area contributed by atoms with E-state index in [0.717, 1.165) is 11.3 Å². The number of carbonyl (C=O) groups excluding carboxylic acids is 4. The van der Waals surface area contributed by atoms with Gasteiger partial charge in [-0.1, -0.05) is 5.16 Å². The third kappa shape index (κ3) is 6.74. The van der Waals surface area contributed by atoms with E-state index in [2.05, 4.69) is 25.0 Å². The van der Waals surface area contributed by atoms with Gasteiger partial charge < -0.3 is 36.6 Å². The average molecular weight is 487 g/mol. The molecule has 1 aromatic heterocycles. The van der Waals surface area contributed by atoms with Crippen LogP contribution in [0.4, 0.5) is 9.93 Å². The SMILES string of the molecule is NC(=O)CO/N=C(\C(=O)N[C@@H]1C(=O)N(S(=O)(=O)[O-])[C@@H]1COC(N)=O)c1csc(N)n1.[Na+]. The maximum Gasteiger partial charge on any atom is 1.00 e. The molecule has 0 aromatic carbocycles. The third-order valence-electron chi connectivity index (χ3n) is 3.44. The van der Waals surface area contributed by atoms with Gasteiger partial charge in [-0.05, 0) is 0 Å². The molecule has 1 fully saturated rings. The van der Waals surface area contributed by atoms with Crippen molar-refractivity contribution < 1.29 is 71.3 Å². The fourth-order valence-corrected chi connectivity index (χ4v) is 3.65. The van der Waals surface area contributed by atoms with Crippen molar-refractivity contribution in [3.8, 4) is 0 Å². The van der Waals surface area contributed by atoms with Crippen LogP contribution in [0.25, 0.3) is 0 Å². The first-order chi connectivity index (χ1) is 13.9. The van der Waals surface area contributed by atoms with Gasteiger partial charge in [0.15, 0.2) is 27.8 Å². The molecule has 0 radical (unpaired) electrons. The molecule has 1 saturated heterocycles. The van der Waals surface area contributed by atoms with Gasteiger partial charge >= 0.3 is 35.7 Å². The van der Waals surface area contributed by atoms with E-state index in [4.69, 9.17) is 17.2 Å². The minimum atomic E-state index is -5.26. The summed E-state index contributed by atoms with van der Waals surface area (Å²) < 4.78 is 38.0. The average Bonchev–Trinajstić information content (AvgIpc) is 3.04. The Hall–Kier alpha value is -2.51. The molecule has 1 aliphatic rings. The molecule has 31 heavy (non-hydrogen) atoms. The summed E-state index contributed by atoms with van der Waals surface area (Å²) in [5.41, 5.74) is 14.6. The van der Waals surface area contributed by atoms with Crippen molar-refractivity contribution in [1.29, 1.82) is 0 Å². The first-order valence-corrected chi connectivity index (χ1v) is 9.88. The second-order valence-electron chi connectivity index (χ2n) is 5.49. The molecule has 7 N–H and O–H groups in total. The normalized spacial score (nSPS) is 18.4. The van der Waals surface area contributed by atoms with E-state index in [-0.39, 0.29) is 44.7 Å². The van der Waals surface area contributed by atoms with Crippen molar-refractivity contribution in [2.75, 3.05) is 18.9 Å². The molecular formula is C12H14N7NaO9S2. The molecule has 19 heteroatoms. The molecule has 0 unspecified atom stereocenters. The Labute approximate surface area is 200 Å². The summed E-state index contributed by atoms with van der Waals surface area (Å²) in [6.45, 7) is -1.47. The van der Waals surface area contributed by atoms with Gasteiger partial charge in [-0.15, -0.1) is 11.3 Å². The van der Waals surface area contributed by atoms with Crippen molar-refractivity contribution in [1.82, 2.24) is 14.6 Å². The fraction of sp³-hybridized carbons (Fsp3) is 0.333. The first kappa shape index (κ1) is 26.5. The number of carbonyl (C=O) groups is 4. The van der Waals surface area contributed by atoms with Crippen molar-refractivity contribution >= 4 is 56.3 Å². The molecule has 0 spiro atoms. The van der Waals surface area contributed by atoms with Gasteiger partial charge in [-0.2, -0.15) is 0 Å². The van der Waals surface area contributed by atoms with Gasteiger partial charge in [0.25, 0.3) is 17.7 Å². The van der Waals surface area contributed by atoms with Gasteiger partial charge in [-0.3, -0.25) is 14.4 Å². The van der Waals surface area contributed by atoms with Gasteiger partial charge in [-0.25, -0.2) is 22.5 Å². The largest absolute Gasteiger partial charge is 1.00 e. The molecule has 0 saturated carbocycles. The smallest absolute Gasteiger partial charge is 0.731 e. The van der Waals surface area contributed by atoms with Crippen LogP contribution < -0.4 is 52.1 Å². The number of hydrogen-bond donors (Lipinski definition) is 4. The number of nitrogen functional groups attached to an aromatic ring is 1. The number of aromatic nitrogens is 1. The van der Waals surface area contributed by atoms with Gasteiger partial charge in [0, 0.05) is 5.38 Å². The zero-order valence-electron chi connectivity index (χ0n) is 15.7. The van der Waals surface area contributed by atoms with Gasteiger partial charge in [0.05, 0.1) is 0 Å². The van der Waals surface area contributed by atoms with Crippen molar-refractivity contribution in [2.45, 2.75) is 12.1 Å². The Morgan fingerprint density at radius 3 is 2.48 bits per heavy atom. The second kappa shape index (κ2) is 10.7. The number of ether oxygens (including phenoxy) is 1. The number of primary amides is 2. The quantitative estimate of drug-likeness (QED) is 0.0835. The number of nitrogens with one attached hydrogen (secondary N) is 1. The van der Waals surface area contributed by atoms with Crippen LogP contribution in [-0.4, -0.2) is 77.1 Å². The number of nitrogens with two attached hydrogens (primary N) is 3. The minimum Gasteiger partial charge on any atom is -0.731 e. The maximum absolute atomic E-state index is 12.6. The van der Waals surface area contributed by atoms with Crippen LogP contribution in [0.3, 0.4) is 0 Å². The number of nitrogens with zero attached hydrogens (tertiary/aromatic N) is 3. The van der Waals surface area contributed by atoms with Crippen LogP contribution in [0.5, 0.6) is 0 Å². The topological polar surface area (TPSA) is 263 Å². The molecule has 164 valence electrons. The number of thiazole rings is 1. The molecule has 2 rings (SSSR count).